The number of hydrogen-bond donors (Lipinski definition) is 0. The summed E-state index contributed by atoms with van der Waals surface area (Å²) < 4.78 is 17.0. The lowest BCUT2D eigenvalue weighted by Gasteiger charge is -2.18. The van der Waals surface area contributed by atoms with Crippen LogP contribution in [0.2, 0.25) is 0 Å². The first-order valence-corrected chi connectivity index (χ1v) is 36.1. The molecule has 474 valence electrons. The molecule has 0 aromatic rings. The lowest BCUT2D eigenvalue weighted by Crippen LogP contribution is -2.30. The Morgan fingerprint density at radius 3 is 0.691 bits per heavy atom. The molecule has 0 rings (SSSR count). The molecule has 0 radical (unpaired) electrons. The Kier molecular flexibility index (Phi) is 67.6. The molecule has 0 aliphatic rings. The van der Waals surface area contributed by atoms with Gasteiger partial charge in [0.1, 0.15) is 13.2 Å². The third-order valence-electron chi connectivity index (χ3n) is 16.3. The molecule has 0 amide bonds. The molecule has 0 bridgehead atoms. The second-order valence-electron chi connectivity index (χ2n) is 24.5. The van der Waals surface area contributed by atoms with E-state index in [0.29, 0.717) is 19.3 Å². The quantitative estimate of drug-likeness (QED) is 0.0261. The van der Waals surface area contributed by atoms with E-state index in [1.165, 1.54) is 276 Å². The van der Waals surface area contributed by atoms with Gasteiger partial charge in [0.15, 0.2) is 6.10 Å². The van der Waals surface area contributed by atoms with Crippen LogP contribution in [0.3, 0.4) is 0 Å². The molecule has 6 heteroatoms. The van der Waals surface area contributed by atoms with Crippen molar-refractivity contribution in [2.24, 2.45) is 0 Å². The number of rotatable bonds is 67. The van der Waals surface area contributed by atoms with Gasteiger partial charge in [-0.3, -0.25) is 14.4 Å². The highest BCUT2D eigenvalue weighted by Gasteiger charge is 2.19. The molecule has 0 saturated heterocycles. The highest BCUT2D eigenvalue weighted by atomic mass is 16.6. The van der Waals surface area contributed by atoms with Crippen LogP contribution in [0.15, 0.2) is 48.6 Å². The number of carbonyl (C=O) groups excluding carboxylic acids is 3. The van der Waals surface area contributed by atoms with Crippen molar-refractivity contribution >= 4 is 17.9 Å². The molecule has 1 unspecified atom stereocenters. The number of esters is 3. The third-order valence-corrected chi connectivity index (χ3v) is 16.3. The van der Waals surface area contributed by atoms with Crippen molar-refractivity contribution in [3.05, 3.63) is 48.6 Å². The summed E-state index contributed by atoms with van der Waals surface area (Å²) in [7, 11) is 0. The smallest absolute Gasteiger partial charge is 0.306 e. The van der Waals surface area contributed by atoms with E-state index in [1.54, 1.807) is 0 Å². The average Bonchev–Trinajstić information content (AvgIpc) is 3.47. The summed E-state index contributed by atoms with van der Waals surface area (Å²) in [6.07, 6.45) is 88.5. The van der Waals surface area contributed by atoms with Gasteiger partial charge in [0.2, 0.25) is 0 Å². The van der Waals surface area contributed by atoms with Crippen molar-refractivity contribution in [3.8, 4) is 0 Å². The monoisotopic (exact) mass is 1140 g/mol. The van der Waals surface area contributed by atoms with Crippen molar-refractivity contribution in [2.45, 2.75) is 399 Å². The summed E-state index contributed by atoms with van der Waals surface area (Å²) in [4.78, 5) is 38.5. The van der Waals surface area contributed by atoms with E-state index in [-0.39, 0.29) is 31.1 Å². The first kappa shape index (κ1) is 78.4. The third kappa shape index (κ3) is 68.0. The van der Waals surface area contributed by atoms with Crippen LogP contribution in [0.5, 0.6) is 0 Å². The predicted octanol–water partition coefficient (Wildman–Crippen LogP) is 24.9. The second-order valence-corrected chi connectivity index (χ2v) is 24.5. The molecule has 0 aromatic heterocycles. The largest absolute Gasteiger partial charge is 0.462 e. The predicted molar refractivity (Wildman–Crippen MR) is 353 cm³/mol. The lowest BCUT2D eigenvalue weighted by molar-refractivity contribution is -0.167. The zero-order valence-electron chi connectivity index (χ0n) is 54.6. The number of ether oxygens (including phenoxy) is 3. The first-order chi connectivity index (χ1) is 40.0. The fraction of sp³-hybridized carbons (Fsp3) is 0.853. The SMILES string of the molecule is CCCCCC/C=C\C/C=C\CCCCCCCCCC(=O)OCC(COC(=O)CCCCCCCCCCCCCCCCCCCCCCCCCC)OC(=O)CCCCCCCCCCC/C=C\C/C=C\CCCCCCC. The molecular formula is C75H138O6. The summed E-state index contributed by atoms with van der Waals surface area (Å²) in [6.45, 7) is 6.68. The van der Waals surface area contributed by atoms with Gasteiger partial charge in [-0.25, -0.2) is 0 Å². The highest BCUT2D eigenvalue weighted by molar-refractivity contribution is 5.71. The molecule has 0 N–H and O–H groups in total. The van der Waals surface area contributed by atoms with E-state index in [4.69, 9.17) is 14.2 Å². The molecule has 0 saturated carbocycles. The number of carbonyl (C=O) groups is 3. The Morgan fingerprint density at radius 2 is 0.444 bits per heavy atom. The normalized spacial score (nSPS) is 12.3. The Hall–Kier alpha value is -2.63. The minimum absolute atomic E-state index is 0.0732. The molecule has 0 spiro atoms. The van der Waals surface area contributed by atoms with Gasteiger partial charge in [-0.1, -0.05) is 339 Å². The molecule has 0 fully saturated rings. The maximum absolute atomic E-state index is 13.0. The molecule has 0 aliphatic carbocycles. The van der Waals surface area contributed by atoms with E-state index >= 15 is 0 Å². The van der Waals surface area contributed by atoms with Crippen LogP contribution in [0.25, 0.3) is 0 Å². The summed E-state index contributed by atoms with van der Waals surface area (Å²) in [5.74, 6) is -0.857. The number of unbranched alkanes of at least 4 members (excludes halogenated alkanes) is 48. The van der Waals surface area contributed by atoms with Gasteiger partial charge in [-0.15, -0.1) is 0 Å². The molecule has 0 heterocycles. The maximum atomic E-state index is 13.0. The van der Waals surface area contributed by atoms with Crippen molar-refractivity contribution in [2.75, 3.05) is 13.2 Å². The standard InChI is InChI=1S/C75H138O6/c1-4-7-10-13-16-19-22-25-28-31-34-36-37-38-40-41-44-47-50-53-56-59-62-65-68-74(77)80-71-72(70-79-73(76)67-64-61-58-55-52-49-46-43-33-30-27-24-21-18-15-12-9-6-3)81-75(78)69-66-63-60-57-54-51-48-45-42-39-35-32-29-26-23-20-17-14-11-8-5-2/h21,23-24,26,30,32-33,35,72H,4-20,22,25,27-29,31,34,36-71H2,1-3H3/b24-21-,26-23-,33-30-,35-32-. The van der Waals surface area contributed by atoms with Gasteiger partial charge in [0.25, 0.3) is 0 Å². The summed E-state index contributed by atoms with van der Waals surface area (Å²) >= 11 is 0. The topological polar surface area (TPSA) is 78.9 Å². The van der Waals surface area contributed by atoms with E-state index in [0.717, 1.165) is 77.0 Å². The molecular weight excluding hydrogens is 997 g/mol. The van der Waals surface area contributed by atoms with Crippen LogP contribution in [-0.4, -0.2) is 37.2 Å². The van der Waals surface area contributed by atoms with Gasteiger partial charge < -0.3 is 14.2 Å². The Morgan fingerprint density at radius 1 is 0.247 bits per heavy atom. The van der Waals surface area contributed by atoms with Crippen LogP contribution in [0.1, 0.15) is 393 Å². The van der Waals surface area contributed by atoms with Crippen LogP contribution < -0.4 is 0 Å². The summed E-state index contributed by atoms with van der Waals surface area (Å²) in [6, 6.07) is 0. The van der Waals surface area contributed by atoms with Crippen LogP contribution >= 0.6 is 0 Å². The van der Waals surface area contributed by atoms with Gasteiger partial charge in [-0.2, -0.15) is 0 Å². The van der Waals surface area contributed by atoms with Crippen molar-refractivity contribution in [3.63, 3.8) is 0 Å². The molecule has 1 atom stereocenters. The molecule has 0 aromatic carbocycles. The van der Waals surface area contributed by atoms with Crippen molar-refractivity contribution in [1.29, 1.82) is 0 Å². The lowest BCUT2D eigenvalue weighted by atomic mass is 10.0. The van der Waals surface area contributed by atoms with Gasteiger partial charge in [0, 0.05) is 19.3 Å². The van der Waals surface area contributed by atoms with E-state index in [2.05, 4.69) is 69.4 Å². The van der Waals surface area contributed by atoms with Crippen LogP contribution in [0.4, 0.5) is 0 Å². The second kappa shape index (κ2) is 69.9. The zero-order chi connectivity index (χ0) is 58.5. The van der Waals surface area contributed by atoms with Crippen LogP contribution in [0, 0.1) is 0 Å². The number of hydrogen-bond acceptors (Lipinski definition) is 6. The fourth-order valence-electron chi connectivity index (χ4n) is 10.9. The highest BCUT2D eigenvalue weighted by Crippen LogP contribution is 2.18. The molecule has 0 aliphatic heterocycles. The fourth-order valence-corrected chi connectivity index (χ4v) is 10.9. The Labute approximate surface area is 505 Å². The van der Waals surface area contributed by atoms with Gasteiger partial charge in [-0.05, 0) is 83.5 Å². The summed E-state index contributed by atoms with van der Waals surface area (Å²) in [5.41, 5.74) is 0. The summed E-state index contributed by atoms with van der Waals surface area (Å²) in [5, 5.41) is 0. The molecule has 81 heavy (non-hydrogen) atoms. The van der Waals surface area contributed by atoms with E-state index in [1.807, 2.05) is 0 Å². The molecule has 6 nitrogen and oxygen atoms in total. The van der Waals surface area contributed by atoms with Crippen LogP contribution in [-0.2, 0) is 28.6 Å². The average molecular weight is 1140 g/mol. The number of allylic oxidation sites excluding steroid dienone is 8. The first-order valence-electron chi connectivity index (χ1n) is 36.1. The minimum atomic E-state index is -0.779. The van der Waals surface area contributed by atoms with E-state index < -0.39 is 6.10 Å². The van der Waals surface area contributed by atoms with Crippen molar-refractivity contribution < 1.29 is 28.6 Å². The Bertz CT molecular complexity index is 1400. The Balaban J connectivity index is 4.32. The van der Waals surface area contributed by atoms with Gasteiger partial charge in [0.05, 0.1) is 0 Å². The maximum Gasteiger partial charge on any atom is 0.306 e. The minimum Gasteiger partial charge on any atom is -0.462 e. The van der Waals surface area contributed by atoms with E-state index in [9.17, 15) is 14.4 Å². The zero-order valence-corrected chi connectivity index (χ0v) is 54.6. The van der Waals surface area contributed by atoms with Gasteiger partial charge >= 0.3 is 17.9 Å². The van der Waals surface area contributed by atoms with Crippen molar-refractivity contribution in [1.82, 2.24) is 0 Å².